The number of ether oxygens (including phenoxy) is 3. The highest BCUT2D eigenvalue weighted by Gasteiger charge is 2.36. The van der Waals surface area contributed by atoms with Crippen molar-refractivity contribution in [1.29, 1.82) is 0 Å². The zero-order valence-electron chi connectivity index (χ0n) is 19.6. The number of benzene rings is 3. The van der Waals surface area contributed by atoms with Crippen LogP contribution in [-0.2, 0) is 27.0 Å². The Bertz CT molecular complexity index is 1280. The zero-order valence-corrected chi connectivity index (χ0v) is 20.5. The Morgan fingerprint density at radius 2 is 1.69 bits per heavy atom. The van der Waals surface area contributed by atoms with Gasteiger partial charge in [0.05, 0.1) is 32.2 Å². The predicted molar refractivity (Wildman–Crippen MR) is 134 cm³/mol. The molecule has 1 aliphatic heterocycles. The summed E-state index contributed by atoms with van der Waals surface area (Å²) < 4.78 is 44.4. The zero-order chi connectivity index (χ0) is 24.8. The number of para-hydroxylation sites is 2. The van der Waals surface area contributed by atoms with Crippen molar-refractivity contribution in [1.82, 2.24) is 5.32 Å². The molecule has 1 heterocycles. The largest absolute Gasteiger partial charge is 0.493 e. The van der Waals surface area contributed by atoms with Crippen molar-refractivity contribution in [3.05, 3.63) is 83.9 Å². The third-order valence-electron chi connectivity index (χ3n) is 5.72. The predicted octanol–water partition coefficient (Wildman–Crippen LogP) is 3.16. The van der Waals surface area contributed by atoms with E-state index in [-0.39, 0.29) is 18.2 Å². The molecule has 0 aromatic heterocycles. The van der Waals surface area contributed by atoms with Crippen molar-refractivity contribution < 1.29 is 27.4 Å². The van der Waals surface area contributed by atoms with Crippen molar-refractivity contribution in [3.63, 3.8) is 0 Å². The number of carbonyl (C=O) groups is 1. The fraction of sp³-hybridized carbons (Fsp3) is 0.269. The van der Waals surface area contributed by atoms with Gasteiger partial charge in [-0.2, -0.15) is 0 Å². The first-order chi connectivity index (χ1) is 16.9. The van der Waals surface area contributed by atoms with E-state index in [1.165, 1.54) is 4.31 Å². The minimum Gasteiger partial charge on any atom is -0.493 e. The minimum atomic E-state index is -3.75. The molecule has 0 aliphatic carbocycles. The van der Waals surface area contributed by atoms with Crippen molar-refractivity contribution in [2.24, 2.45) is 0 Å². The summed E-state index contributed by atoms with van der Waals surface area (Å²) in [4.78, 5) is 13.0. The fourth-order valence-corrected chi connectivity index (χ4v) is 5.53. The molecular weight excluding hydrogens is 468 g/mol. The van der Waals surface area contributed by atoms with Gasteiger partial charge in [0.15, 0.2) is 17.6 Å². The molecule has 8 nitrogen and oxygen atoms in total. The van der Waals surface area contributed by atoms with Gasteiger partial charge in [0, 0.05) is 6.54 Å². The number of hydrogen-bond acceptors (Lipinski definition) is 6. The van der Waals surface area contributed by atoms with Gasteiger partial charge in [-0.15, -0.1) is 0 Å². The van der Waals surface area contributed by atoms with Crippen LogP contribution < -0.4 is 23.8 Å². The second kappa shape index (κ2) is 10.7. The van der Waals surface area contributed by atoms with Crippen molar-refractivity contribution in [2.45, 2.75) is 18.3 Å². The smallest absolute Gasteiger partial charge is 0.263 e. The second-order valence-electron chi connectivity index (χ2n) is 8.08. The molecule has 0 unspecified atom stereocenters. The first-order valence-corrected chi connectivity index (χ1v) is 12.8. The quantitative estimate of drug-likeness (QED) is 0.489. The van der Waals surface area contributed by atoms with E-state index < -0.39 is 16.1 Å². The van der Waals surface area contributed by atoms with Gasteiger partial charge in [0.2, 0.25) is 10.0 Å². The maximum absolute atomic E-state index is 13.3. The normalized spacial score (nSPS) is 15.0. The lowest BCUT2D eigenvalue weighted by atomic mass is 10.1. The number of rotatable bonds is 9. The minimum absolute atomic E-state index is 0.103. The molecule has 0 bridgehead atoms. The van der Waals surface area contributed by atoms with E-state index in [0.717, 1.165) is 5.56 Å². The molecule has 1 amide bonds. The molecule has 3 aromatic carbocycles. The standard InChI is InChI=1S/C26H28N2O6S/c1-32-23-13-12-19(16-24(23)33-2)14-15-27-26(29)25-17-28(21-10-6-7-11-22(21)34-25)35(30,31)18-20-8-4-3-5-9-20/h3-13,16,25H,14-15,17-18H2,1-2H3,(H,27,29)/t25-/m1/s1. The highest BCUT2D eigenvalue weighted by atomic mass is 32.2. The summed E-state index contributed by atoms with van der Waals surface area (Å²) in [6.07, 6.45) is -0.410. The Kier molecular flexibility index (Phi) is 7.45. The molecule has 35 heavy (non-hydrogen) atoms. The molecule has 4 rings (SSSR count). The van der Waals surface area contributed by atoms with E-state index in [1.54, 1.807) is 62.8 Å². The van der Waals surface area contributed by atoms with Gasteiger partial charge in [0.1, 0.15) is 5.75 Å². The Morgan fingerprint density at radius 1 is 0.971 bits per heavy atom. The van der Waals surface area contributed by atoms with Gasteiger partial charge in [-0.05, 0) is 41.8 Å². The van der Waals surface area contributed by atoms with Crippen LogP contribution in [0.5, 0.6) is 17.2 Å². The van der Waals surface area contributed by atoms with E-state index in [0.29, 0.717) is 41.5 Å². The summed E-state index contributed by atoms with van der Waals surface area (Å²) in [5.41, 5.74) is 2.06. The molecule has 0 spiro atoms. The molecule has 9 heteroatoms. The lowest BCUT2D eigenvalue weighted by molar-refractivity contribution is -0.127. The average Bonchev–Trinajstić information content (AvgIpc) is 2.88. The van der Waals surface area contributed by atoms with Gasteiger partial charge in [-0.1, -0.05) is 48.5 Å². The lowest BCUT2D eigenvalue weighted by Gasteiger charge is -2.34. The van der Waals surface area contributed by atoms with Gasteiger partial charge in [0.25, 0.3) is 5.91 Å². The maximum Gasteiger partial charge on any atom is 0.263 e. The number of fused-ring (bicyclic) bond motifs is 1. The van der Waals surface area contributed by atoms with E-state index >= 15 is 0 Å². The van der Waals surface area contributed by atoms with Crippen LogP contribution >= 0.6 is 0 Å². The van der Waals surface area contributed by atoms with Crippen LogP contribution in [0.2, 0.25) is 0 Å². The number of sulfonamides is 1. The van der Waals surface area contributed by atoms with Gasteiger partial charge in [-0.3, -0.25) is 9.10 Å². The number of nitrogens with zero attached hydrogens (tertiary/aromatic N) is 1. The third kappa shape index (κ3) is 5.68. The Morgan fingerprint density at radius 3 is 2.43 bits per heavy atom. The number of carbonyl (C=O) groups excluding carboxylic acids is 1. The van der Waals surface area contributed by atoms with Crippen LogP contribution in [0.1, 0.15) is 11.1 Å². The van der Waals surface area contributed by atoms with E-state index in [4.69, 9.17) is 14.2 Å². The van der Waals surface area contributed by atoms with Gasteiger partial charge < -0.3 is 19.5 Å². The highest BCUT2D eigenvalue weighted by molar-refractivity contribution is 7.92. The molecule has 0 saturated carbocycles. The second-order valence-corrected chi connectivity index (χ2v) is 9.97. The van der Waals surface area contributed by atoms with Gasteiger partial charge in [-0.25, -0.2) is 8.42 Å². The summed E-state index contributed by atoms with van der Waals surface area (Å²) >= 11 is 0. The molecule has 1 N–H and O–H groups in total. The van der Waals surface area contributed by atoms with Crippen LogP contribution in [0.25, 0.3) is 0 Å². The lowest BCUT2D eigenvalue weighted by Crippen LogP contribution is -2.51. The SMILES string of the molecule is COc1ccc(CCNC(=O)[C@H]2CN(S(=O)(=O)Cc3ccccc3)c3ccccc3O2)cc1OC. The number of hydrogen-bond donors (Lipinski definition) is 1. The molecule has 0 saturated heterocycles. The molecule has 184 valence electrons. The Labute approximate surface area is 205 Å². The Balaban J connectivity index is 1.45. The summed E-state index contributed by atoms with van der Waals surface area (Å²) in [5, 5.41) is 2.86. The summed E-state index contributed by atoms with van der Waals surface area (Å²) in [6.45, 7) is 0.251. The molecule has 1 aliphatic rings. The maximum atomic E-state index is 13.3. The van der Waals surface area contributed by atoms with E-state index in [1.807, 2.05) is 24.3 Å². The number of nitrogens with one attached hydrogen (secondary N) is 1. The highest BCUT2D eigenvalue weighted by Crippen LogP contribution is 2.35. The first kappa shape index (κ1) is 24.4. The number of methoxy groups -OCH3 is 2. The van der Waals surface area contributed by atoms with Crippen LogP contribution in [0, 0.1) is 0 Å². The van der Waals surface area contributed by atoms with Crippen LogP contribution in [-0.4, -0.2) is 47.7 Å². The summed E-state index contributed by atoms with van der Waals surface area (Å²) in [6, 6.07) is 21.4. The van der Waals surface area contributed by atoms with Crippen molar-refractivity contribution in [2.75, 3.05) is 31.6 Å². The van der Waals surface area contributed by atoms with Crippen LogP contribution in [0.3, 0.4) is 0 Å². The number of anilines is 1. The fourth-order valence-electron chi connectivity index (χ4n) is 3.94. The molecular formula is C26H28N2O6S. The van der Waals surface area contributed by atoms with Gasteiger partial charge >= 0.3 is 0 Å². The van der Waals surface area contributed by atoms with E-state index in [2.05, 4.69) is 5.32 Å². The topological polar surface area (TPSA) is 94.2 Å². The monoisotopic (exact) mass is 496 g/mol. The van der Waals surface area contributed by atoms with E-state index in [9.17, 15) is 13.2 Å². The number of amides is 1. The first-order valence-electron chi connectivity index (χ1n) is 11.2. The summed E-state index contributed by atoms with van der Waals surface area (Å²) in [7, 11) is -0.605. The molecule has 3 aromatic rings. The third-order valence-corrected chi connectivity index (χ3v) is 7.43. The Hall–Kier alpha value is -3.72. The van der Waals surface area contributed by atoms with Crippen molar-refractivity contribution >= 4 is 21.6 Å². The van der Waals surface area contributed by atoms with Crippen LogP contribution in [0.15, 0.2) is 72.8 Å². The molecule has 0 radical (unpaired) electrons. The average molecular weight is 497 g/mol. The summed E-state index contributed by atoms with van der Waals surface area (Å²) in [5.74, 6) is 1.06. The molecule has 1 atom stereocenters. The van der Waals surface area contributed by atoms with Crippen molar-refractivity contribution in [3.8, 4) is 17.2 Å². The molecule has 0 fully saturated rings. The van der Waals surface area contributed by atoms with Crippen LogP contribution in [0.4, 0.5) is 5.69 Å².